The van der Waals surface area contributed by atoms with Gasteiger partial charge in [0, 0.05) is 5.56 Å². The van der Waals surface area contributed by atoms with Gasteiger partial charge in [-0.1, -0.05) is 49.4 Å². The highest BCUT2D eigenvalue weighted by Gasteiger charge is 2.48. The molecule has 1 amide bonds. The minimum Gasteiger partial charge on any atom is -0.507 e. The van der Waals surface area contributed by atoms with Crippen LogP contribution in [0.25, 0.3) is 5.76 Å². The van der Waals surface area contributed by atoms with Crippen molar-refractivity contribution in [2.45, 2.75) is 39.7 Å². The molecule has 0 radical (unpaired) electrons. The van der Waals surface area contributed by atoms with E-state index >= 15 is 0 Å². The minimum absolute atomic E-state index is 0.0562. The molecule has 9 heteroatoms. The monoisotopic (exact) mass is 520 g/mol. The van der Waals surface area contributed by atoms with E-state index in [-0.39, 0.29) is 27.3 Å². The van der Waals surface area contributed by atoms with Gasteiger partial charge in [-0.25, -0.2) is 9.78 Å². The third kappa shape index (κ3) is 4.62. The first-order valence-corrected chi connectivity index (χ1v) is 12.5. The van der Waals surface area contributed by atoms with Crippen molar-refractivity contribution in [3.8, 4) is 5.75 Å². The van der Waals surface area contributed by atoms with E-state index in [1.54, 1.807) is 32.2 Å². The lowest BCUT2D eigenvalue weighted by Gasteiger charge is -2.23. The molecule has 0 aliphatic carbocycles. The molecule has 3 aromatic rings. The number of hydrogen-bond donors (Lipinski definition) is 1. The van der Waals surface area contributed by atoms with Crippen LogP contribution in [0, 0.1) is 13.8 Å². The van der Waals surface area contributed by atoms with Crippen LogP contribution in [0.2, 0.25) is 0 Å². The van der Waals surface area contributed by atoms with Gasteiger partial charge < -0.3 is 14.6 Å². The van der Waals surface area contributed by atoms with Crippen LogP contribution >= 0.6 is 11.3 Å². The summed E-state index contributed by atoms with van der Waals surface area (Å²) < 4.78 is 10.1. The Morgan fingerprint density at radius 3 is 2.32 bits per heavy atom. The van der Waals surface area contributed by atoms with Crippen molar-refractivity contribution >= 4 is 39.9 Å². The molecule has 2 aromatic carbocycles. The molecule has 192 valence electrons. The average Bonchev–Trinajstić information content (AvgIpc) is 3.39. The van der Waals surface area contributed by atoms with Gasteiger partial charge in [-0.2, -0.15) is 0 Å². The number of rotatable bonds is 6. The number of esters is 1. The van der Waals surface area contributed by atoms with Crippen LogP contribution < -0.4 is 9.64 Å². The predicted molar refractivity (Wildman–Crippen MR) is 141 cm³/mol. The van der Waals surface area contributed by atoms with Crippen LogP contribution in [0.3, 0.4) is 0 Å². The Morgan fingerprint density at radius 2 is 1.76 bits per heavy atom. The summed E-state index contributed by atoms with van der Waals surface area (Å²) in [6.45, 7) is 7.60. The Bertz CT molecular complexity index is 1420. The van der Waals surface area contributed by atoms with Crippen LogP contribution in [-0.2, 0) is 14.3 Å². The highest BCUT2D eigenvalue weighted by atomic mass is 32.1. The highest BCUT2D eigenvalue weighted by molar-refractivity contribution is 7.17. The molecular weight excluding hydrogens is 492 g/mol. The largest absolute Gasteiger partial charge is 0.507 e. The molecule has 1 aliphatic heterocycles. The molecule has 1 N–H and O–H groups in total. The summed E-state index contributed by atoms with van der Waals surface area (Å²) >= 11 is 0.965. The summed E-state index contributed by atoms with van der Waals surface area (Å²) in [5, 5.41) is 11.5. The topological polar surface area (TPSA) is 106 Å². The summed E-state index contributed by atoms with van der Waals surface area (Å²) in [4.78, 5) is 44.9. The number of carbonyl (C=O) groups excluding carboxylic acids is 3. The molecule has 0 spiro atoms. The van der Waals surface area contributed by atoms with Crippen LogP contribution in [0.4, 0.5) is 5.13 Å². The first kappa shape index (κ1) is 26.1. The normalized spacial score (nSPS) is 16.9. The van der Waals surface area contributed by atoms with Crippen molar-refractivity contribution in [3.05, 3.63) is 80.9 Å². The van der Waals surface area contributed by atoms with Crippen LogP contribution in [0.1, 0.15) is 63.4 Å². The molecule has 2 heterocycles. The number of Topliss-reactive ketones (excluding diaryl/α,β-unsaturated/α-hetero) is 1. The zero-order chi connectivity index (χ0) is 27.0. The number of aromatic nitrogens is 1. The second kappa shape index (κ2) is 10.2. The number of thiazole rings is 1. The average molecular weight is 521 g/mol. The molecule has 0 saturated carbocycles. The maximum atomic E-state index is 13.4. The Labute approximate surface area is 219 Å². The maximum absolute atomic E-state index is 13.4. The third-order valence-corrected chi connectivity index (χ3v) is 7.53. The first-order chi connectivity index (χ1) is 17.6. The third-order valence-electron chi connectivity index (χ3n) is 6.39. The Balaban J connectivity index is 1.93. The zero-order valence-corrected chi connectivity index (χ0v) is 22.3. The molecule has 0 unspecified atom stereocenters. The summed E-state index contributed by atoms with van der Waals surface area (Å²) in [5.74, 6) is -1.64. The number of aliphatic hydroxyl groups excluding tert-OH is 1. The number of carbonyl (C=O) groups is 3. The molecule has 8 nitrogen and oxygen atoms in total. The molecule has 1 atom stereocenters. The van der Waals surface area contributed by atoms with Gasteiger partial charge in [-0.05, 0) is 54.7 Å². The van der Waals surface area contributed by atoms with E-state index in [2.05, 4.69) is 18.8 Å². The number of methoxy groups -OCH3 is 2. The summed E-state index contributed by atoms with van der Waals surface area (Å²) in [7, 11) is 2.81. The lowest BCUT2D eigenvalue weighted by molar-refractivity contribution is -0.132. The van der Waals surface area contributed by atoms with Gasteiger partial charge in [-0.15, -0.1) is 0 Å². The number of benzene rings is 2. The van der Waals surface area contributed by atoms with E-state index in [1.165, 1.54) is 12.0 Å². The van der Waals surface area contributed by atoms with Crippen LogP contribution in [0.5, 0.6) is 5.75 Å². The van der Waals surface area contributed by atoms with E-state index in [9.17, 15) is 19.5 Å². The van der Waals surface area contributed by atoms with E-state index in [0.29, 0.717) is 22.6 Å². The Hall–Kier alpha value is -3.98. The van der Waals surface area contributed by atoms with Crippen molar-refractivity contribution in [3.63, 3.8) is 0 Å². The first-order valence-electron chi connectivity index (χ1n) is 11.7. The predicted octanol–water partition coefficient (Wildman–Crippen LogP) is 5.30. The molecule has 4 rings (SSSR count). The molecule has 1 fully saturated rings. The number of ketones is 1. The lowest BCUT2D eigenvalue weighted by atomic mass is 9.93. The number of anilines is 1. The van der Waals surface area contributed by atoms with Gasteiger partial charge >= 0.3 is 11.9 Å². The fourth-order valence-electron chi connectivity index (χ4n) is 4.36. The van der Waals surface area contributed by atoms with Gasteiger partial charge in [0.25, 0.3) is 5.78 Å². The molecular formula is C28H28N2O6S. The van der Waals surface area contributed by atoms with Gasteiger partial charge in [0.05, 0.1) is 31.5 Å². The number of aryl methyl sites for hydroxylation is 2. The number of aliphatic hydroxyl groups is 1. The second-order valence-electron chi connectivity index (χ2n) is 9.08. The lowest BCUT2D eigenvalue weighted by Crippen LogP contribution is -2.29. The van der Waals surface area contributed by atoms with E-state index in [0.717, 1.165) is 22.5 Å². The van der Waals surface area contributed by atoms with Crippen molar-refractivity contribution in [1.29, 1.82) is 0 Å². The van der Waals surface area contributed by atoms with Gasteiger partial charge in [0.15, 0.2) is 5.13 Å². The van der Waals surface area contributed by atoms with Crippen molar-refractivity contribution < 1.29 is 29.0 Å². The fourth-order valence-corrected chi connectivity index (χ4v) is 5.37. The van der Waals surface area contributed by atoms with Crippen LogP contribution in [0.15, 0.2) is 48.0 Å². The quantitative estimate of drug-likeness (QED) is 0.203. The van der Waals surface area contributed by atoms with Crippen molar-refractivity contribution in [1.82, 2.24) is 4.98 Å². The van der Waals surface area contributed by atoms with Crippen LogP contribution in [-0.4, -0.2) is 42.0 Å². The Kier molecular flexibility index (Phi) is 7.18. The second-order valence-corrected chi connectivity index (χ2v) is 10.1. The number of amides is 1. The Morgan fingerprint density at radius 1 is 1.08 bits per heavy atom. The SMILES string of the molecule is COC(=O)c1sc(N2C(=O)C(=O)/C(=C(/O)c3ccc(OC)c(C)c3)[C@@H]2c2ccc(C(C)C)cc2)nc1C. The number of nitrogens with zero attached hydrogens (tertiary/aromatic N) is 2. The maximum Gasteiger partial charge on any atom is 0.350 e. The zero-order valence-electron chi connectivity index (χ0n) is 21.5. The molecule has 37 heavy (non-hydrogen) atoms. The number of ether oxygens (including phenoxy) is 2. The van der Waals surface area contributed by atoms with E-state index in [1.807, 2.05) is 31.2 Å². The highest BCUT2D eigenvalue weighted by Crippen LogP contribution is 2.44. The van der Waals surface area contributed by atoms with Crippen molar-refractivity contribution in [2.75, 3.05) is 19.1 Å². The molecule has 1 saturated heterocycles. The number of hydrogen-bond acceptors (Lipinski definition) is 8. The standard InChI is InChI=1S/C28H28N2O6S/c1-14(2)17-7-9-18(10-8-17)22-21(23(31)19-11-12-20(35-5)15(3)13-19)24(32)26(33)30(22)28-29-16(4)25(37-28)27(34)36-6/h7-14,22,31H,1-6H3/b23-21+/t22-/m0/s1. The minimum atomic E-state index is -0.945. The fraction of sp³-hybridized carbons (Fsp3) is 0.286. The summed E-state index contributed by atoms with van der Waals surface area (Å²) in [6.07, 6.45) is 0. The molecule has 1 aromatic heterocycles. The molecule has 0 bridgehead atoms. The van der Waals surface area contributed by atoms with Gasteiger partial charge in [-0.3, -0.25) is 14.5 Å². The van der Waals surface area contributed by atoms with Gasteiger partial charge in [0.2, 0.25) is 0 Å². The van der Waals surface area contributed by atoms with Crippen molar-refractivity contribution in [2.24, 2.45) is 0 Å². The van der Waals surface area contributed by atoms with Gasteiger partial charge in [0.1, 0.15) is 16.4 Å². The summed E-state index contributed by atoms with van der Waals surface area (Å²) in [5.41, 5.74) is 3.18. The van der Waals surface area contributed by atoms with E-state index in [4.69, 9.17) is 9.47 Å². The van der Waals surface area contributed by atoms with E-state index < -0.39 is 23.7 Å². The smallest absolute Gasteiger partial charge is 0.350 e. The summed E-state index contributed by atoms with van der Waals surface area (Å²) in [6, 6.07) is 11.6. The molecule has 1 aliphatic rings.